The Labute approximate surface area is 79.3 Å². The van der Waals surface area contributed by atoms with Gasteiger partial charge in [-0.05, 0) is 11.5 Å². The van der Waals surface area contributed by atoms with Crippen LogP contribution in [0.15, 0.2) is 34.6 Å². The van der Waals surface area contributed by atoms with E-state index in [1.54, 1.807) is 0 Å². The molecular formula is C8H8S3. The van der Waals surface area contributed by atoms with Crippen LogP contribution in [0, 0.1) is 0 Å². The molecule has 3 heteroatoms. The lowest BCUT2D eigenvalue weighted by Crippen LogP contribution is -1.74. The molecule has 1 aliphatic rings. The molecule has 1 aliphatic heterocycles. The maximum absolute atomic E-state index is 4.47. The predicted molar refractivity (Wildman–Crippen MR) is 59.6 cm³/mol. The minimum atomic E-state index is -0.364. The summed E-state index contributed by atoms with van der Waals surface area (Å²) < 4.78 is 0. The van der Waals surface area contributed by atoms with E-state index in [9.17, 15) is 0 Å². The molecule has 0 saturated carbocycles. The number of hydrogen-bond donors (Lipinski definition) is 3. The van der Waals surface area contributed by atoms with Crippen LogP contribution in [0.25, 0.3) is 4.91 Å². The predicted octanol–water partition coefficient (Wildman–Crippen LogP) is 3.13. The molecule has 1 aromatic carbocycles. The van der Waals surface area contributed by atoms with Crippen molar-refractivity contribution in [3.8, 4) is 0 Å². The zero-order valence-corrected chi connectivity index (χ0v) is 8.41. The van der Waals surface area contributed by atoms with E-state index in [0.29, 0.717) is 0 Å². The topological polar surface area (TPSA) is 0 Å². The van der Waals surface area contributed by atoms with Gasteiger partial charge in [-0.3, -0.25) is 0 Å². The zero-order valence-electron chi connectivity index (χ0n) is 5.73. The average Bonchev–Trinajstić information content (AvgIpc) is 2.30. The molecule has 0 fully saturated rings. The van der Waals surface area contributed by atoms with Gasteiger partial charge >= 0.3 is 0 Å². The highest BCUT2D eigenvalue weighted by molar-refractivity contribution is 8.79. The Hall–Kier alpha value is 0.01000. The number of benzene rings is 1. The smallest absolute Gasteiger partial charge is 0.0180 e. The van der Waals surface area contributed by atoms with Gasteiger partial charge in [-0.2, -0.15) is 9.93 Å². The Morgan fingerprint density at radius 3 is 2.64 bits per heavy atom. The second-order valence-corrected chi connectivity index (χ2v) is 5.58. The van der Waals surface area contributed by atoms with Crippen LogP contribution < -0.4 is 0 Å². The molecule has 0 nitrogen and oxygen atoms in total. The van der Waals surface area contributed by atoms with E-state index in [0.717, 1.165) is 4.91 Å². The second-order valence-electron chi connectivity index (χ2n) is 2.38. The van der Waals surface area contributed by atoms with Gasteiger partial charge in [-0.15, -0.1) is 24.3 Å². The molecule has 0 aromatic heterocycles. The third-order valence-electron chi connectivity index (χ3n) is 1.67. The number of fused-ring (bicyclic) bond motifs is 1. The van der Waals surface area contributed by atoms with Crippen LogP contribution in [0.5, 0.6) is 0 Å². The fraction of sp³-hybridized carbons (Fsp3) is 0. The third-order valence-corrected chi connectivity index (χ3v) is 4.62. The summed E-state index contributed by atoms with van der Waals surface area (Å²) in [6, 6.07) is 8.29. The molecule has 1 atom stereocenters. The average molecular weight is 200 g/mol. The number of rotatable bonds is 0. The van der Waals surface area contributed by atoms with Crippen LogP contribution in [-0.2, 0) is 0 Å². The van der Waals surface area contributed by atoms with E-state index >= 15 is 0 Å². The zero-order chi connectivity index (χ0) is 7.84. The molecule has 0 bridgehead atoms. The molecular weight excluding hydrogens is 192 g/mol. The maximum atomic E-state index is 4.47. The molecule has 0 aliphatic carbocycles. The second kappa shape index (κ2) is 2.81. The van der Waals surface area contributed by atoms with Crippen molar-refractivity contribution in [2.45, 2.75) is 4.90 Å². The quantitative estimate of drug-likeness (QED) is 0.416. The van der Waals surface area contributed by atoms with E-state index < -0.39 is 0 Å². The van der Waals surface area contributed by atoms with Crippen molar-refractivity contribution >= 4 is 39.1 Å². The van der Waals surface area contributed by atoms with E-state index in [2.05, 4.69) is 41.8 Å². The van der Waals surface area contributed by atoms with Crippen LogP contribution >= 0.6 is 34.2 Å². The number of thiol groups is 3. The van der Waals surface area contributed by atoms with Crippen molar-refractivity contribution in [1.29, 1.82) is 0 Å². The van der Waals surface area contributed by atoms with Crippen molar-refractivity contribution in [2.24, 2.45) is 0 Å². The summed E-state index contributed by atoms with van der Waals surface area (Å²) in [6.07, 6.45) is 0. The van der Waals surface area contributed by atoms with Crippen molar-refractivity contribution in [1.82, 2.24) is 0 Å². The van der Waals surface area contributed by atoms with Gasteiger partial charge in [-0.1, -0.05) is 18.2 Å². The van der Waals surface area contributed by atoms with Crippen LogP contribution in [0.3, 0.4) is 0 Å². The van der Waals surface area contributed by atoms with Gasteiger partial charge in [0.25, 0.3) is 0 Å². The van der Waals surface area contributed by atoms with Crippen LogP contribution in [0.1, 0.15) is 5.56 Å². The Balaban J connectivity index is 2.62. The monoisotopic (exact) mass is 200 g/mol. The highest BCUT2D eigenvalue weighted by atomic mass is 33.1. The molecule has 0 amide bonds. The first-order valence-electron chi connectivity index (χ1n) is 3.27. The third kappa shape index (κ3) is 1.21. The molecule has 1 aromatic rings. The molecule has 0 N–H and O–H groups in total. The molecule has 58 valence electrons. The van der Waals surface area contributed by atoms with Crippen LogP contribution in [-0.4, -0.2) is 0 Å². The summed E-state index contributed by atoms with van der Waals surface area (Å²) in [5.41, 5.74) is 1.25. The standard InChI is InChI=1S/C8H8S3/c9-7-5-11(10)8-4-2-1-3-6(7)8/h1-5,9-11H. The fourth-order valence-electron chi connectivity index (χ4n) is 1.14. The lowest BCUT2D eigenvalue weighted by atomic mass is 10.2. The number of hydrogen-bond acceptors (Lipinski definition) is 2. The molecule has 0 radical (unpaired) electrons. The molecule has 0 saturated heterocycles. The summed E-state index contributed by atoms with van der Waals surface area (Å²) in [5, 5.41) is 2.12. The molecule has 1 heterocycles. The van der Waals surface area contributed by atoms with E-state index in [-0.39, 0.29) is 9.93 Å². The first-order chi connectivity index (χ1) is 5.29. The summed E-state index contributed by atoms with van der Waals surface area (Å²) >= 11 is 8.83. The molecule has 11 heavy (non-hydrogen) atoms. The van der Waals surface area contributed by atoms with Crippen molar-refractivity contribution in [3.05, 3.63) is 35.2 Å². The first kappa shape index (κ1) is 7.65. The highest BCUT2D eigenvalue weighted by Gasteiger charge is 2.14. The fourth-order valence-corrected chi connectivity index (χ4v) is 4.11. The SMILES string of the molecule is SC1=C[SH](S)c2ccccc21. The maximum Gasteiger partial charge on any atom is 0.0180 e. The largest absolute Gasteiger partial charge is 0.158 e. The Morgan fingerprint density at radius 1 is 1.18 bits per heavy atom. The summed E-state index contributed by atoms with van der Waals surface area (Å²) in [7, 11) is -0.364. The van der Waals surface area contributed by atoms with E-state index in [1.807, 2.05) is 12.1 Å². The normalized spacial score (nSPS) is 24.5. The van der Waals surface area contributed by atoms with Gasteiger partial charge in [0, 0.05) is 15.4 Å². The highest BCUT2D eigenvalue weighted by Crippen LogP contribution is 2.53. The molecule has 0 spiro atoms. The Kier molecular flexibility index (Phi) is 1.95. The van der Waals surface area contributed by atoms with Crippen molar-refractivity contribution in [2.75, 3.05) is 0 Å². The minimum Gasteiger partial charge on any atom is -0.158 e. The van der Waals surface area contributed by atoms with E-state index in [4.69, 9.17) is 0 Å². The molecule has 2 rings (SSSR count). The van der Waals surface area contributed by atoms with Crippen LogP contribution in [0.4, 0.5) is 0 Å². The van der Waals surface area contributed by atoms with Crippen molar-refractivity contribution in [3.63, 3.8) is 0 Å². The van der Waals surface area contributed by atoms with Crippen molar-refractivity contribution < 1.29 is 0 Å². The first-order valence-corrected chi connectivity index (χ1v) is 6.28. The van der Waals surface area contributed by atoms with Gasteiger partial charge in [0.05, 0.1) is 0 Å². The Morgan fingerprint density at radius 2 is 1.91 bits per heavy atom. The lowest BCUT2D eigenvalue weighted by Gasteiger charge is -2.05. The van der Waals surface area contributed by atoms with E-state index in [1.165, 1.54) is 10.5 Å². The lowest BCUT2D eigenvalue weighted by molar-refractivity contribution is 1.44. The minimum absolute atomic E-state index is 0.364. The molecule has 1 unspecified atom stereocenters. The summed E-state index contributed by atoms with van der Waals surface area (Å²) in [5.74, 6) is 0. The van der Waals surface area contributed by atoms with Gasteiger partial charge in [0.1, 0.15) is 0 Å². The summed E-state index contributed by atoms with van der Waals surface area (Å²) in [4.78, 5) is 2.40. The van der Waals surface area contributed by atoms with Gasteiger partial charge in [0.2, 0.25) is 0 Å². The van der Waals surface area contributed by atoms with Gasteiger partial charge in [0.15, 0.2) is 0 Å². The Bertz CT molecular complexity index is 317. The summed E-state index contributed by atoms with van der Waals surface area (Å²) in [6.45, 7) is 0. The van der Waals surface area contributed by atoms with Crippen LogP contribution in [0.2, 0.25) is 0 Å². The van der Waals surface area contributed by atoms with Gasteiger partial charge < -0.3 is 0 Å². The van der Waals surface area contributed by atoms with Gasteiger partial charge in [-0.25, -0.2) is 0 Å².